The van der Waals surface area contributed by atoms with Crippen LogP contribution in [0.15, 0.2) is 60.8 Å². The summed E-state index contributed by atoms with van der Waals surface area (Å²) in [4.78, 5) is 17.3. The summed E-state index contributed by atoms with van der Waals surface area (Å²) < 4.78 is 7.87. The molecule has 1 aliphatic carbocycles. The zero-order valence-corrected chi connectivity index (χ0v) is 19.8. The van der Waals surface area contributed by atoms with Crippen molar-refractivity contribution >= 4 is 5.91 Å². The van der Waals surface area contributed by atoms with Gasteiger partial charge in [0.25, 0.3) is 5.91 Å². The lowest BCUT2D eigenvalue weighted by atomic mass is 9.90. The second-order valence-electron chi connectivity index (χ2n) is 9.48. The molecule has 0 atom stereocenters. The van der Waals surface area contributed by atoms with E-state index in [1.54, 1.807) is 0 Å². The first-order chi connectivity index (χ1) is 16.6. The molecule has 0 radical (unpaired) electrons. The molecular weight excluding hydrogens is 426 g/mol. The van der Waals surface area contributed by atoms with Crippen LogP contribution in [0.3, 0.4) is 0 Å². The molecule has 178 valence electrons. The summed E-state index contributed by atoms with van der Waals surface area (Å²) in [5.74, 6) is 1.07. The van der Waals surface area contributed by atoms with Crippen LogP contribution in [0.5, 0.6) is 11.5 Å². The van der Waals surface area contributed by atoms with Crippen LogP contribution in [0.2, 0.25) is 0 Å². The van der Waals surface area contributed by atoms with Crippen molar-refractivity contribution in [3.8, 4) is 22.8 Å². The van der Waals surface area contributed by atoms with Gasteiger partial charge in [0.05, 0.1) is 11.6 Å². The van der Waals surface area contributed by atoms with Gasteiger partial charge in [-0.05, 0) is 69.1 Å². The molecule has 2 aromatic carbocycles. The minimum atomic E-state index is -0.447. The van der Waals surface area contributed by atoms with Gasteiger partial charge in [0.2, 0.25) is 0 Å². The van der Waals surface area contributed by atoms with Gasteiger partial charge in [-0.3, -0.25) is 14.4 Å². The van der Waals surface area contributed by atoms with E-state index in [0.29, 0.717) is 23.3 Å². The maximum atomic E-state index is 12.2. The van der Waals surface area contributed by atoms with Gasteiger partial charge in [-0.1, -0.05) is 18.2 Å². The summed E-state index contributed by atoms with van der Waals surface area (Å²) in [5, 5.41) is 4.84. The standard InChI is InChI=1S/C27H33N5O2/c1-30-15-17-31(18-16-30)21-9-11-22(12-10-21)32-19-25(27(28)33)26(29-32)20-7-13-24(14-8-20)34-23-5-3-2-4-6-23/h2-8,13-14,19,21-22H,9-12,15-18H2,1H3,(H2,28,33). The van der Waals surface area contributed by atoms with Gasteiger partial charge in [-0.2, -0.15) is 5.10 Å². The number of ether oxygens (including phenoxy) is 1. The Hall–Kier alpha value is -3.16. The largest absolute Gasteiger partial charge is 0.457 e. The number of hydrogen-bond acceptors (Lipinski definition) is 5. The number of aromatic nitrogens is 2. The van der Waals surface area contributed by atoms with Gasteiger partial charge < -0.3 is 15.4 Å². The normalized spacial score (nSPS) is 21.9. The van der Waals surface area contributed by atoms with Gasteiger partial charge in [-0.25, -0.2) is 0 Å². The van der Waals surface area contributed by atoms with E-state index in [-0.39, 0.29) is 0 Å². The molecule has 1 saturated carbocycles. The molecule has 1 amide bonds. The van der Waals surface area contributed by atoms with Crippen LogP contribution in [0.4, 0.5) is 0 Å². The third-order valence-electron chi connectivity index (χ3n) is 7.20. The first-order valence-corrected chi connectivity index (χ1v) is 12.2. The quantitative estimate of drug-likeness (QED) is 0.599. The number of carbonyl (C=O) groups excluding carboxylic acids is 1. The Morgan fingerprint density at radius 2 is 1.50 bits per heavy atom. The Bertz CT molecular complexity index is 1100. The number of para-hydroxylation sites is 1. The number of hydrogen-bond donors (Lipinski definition) is 1. The molecule has 7 nitrogen and oxygen atoms in total. The maximum Gasteiger partial charge on any atom is 0.252 e. The van der Waals surface area contributed by atoms with Gasteiger partial charge in [-0.15, -0.1) is 0 Å². The predicted octanol–water partition coefficient (Wildman–Crippen LogP) is 4.17. The molecule has 7 heteroatoms. The van der Waals surface area contributed by atoms with E-state index in [0.717, 1.165) is 56.1 Å². The number of amides is 1. The summed E-state index contributed by atoms with van der Waals surface area (Å²) in [5.41, 5.74) is 7.70. The molecule has 1 saturated heterocycles. The minimum absolute atomic E-state index is 0.302. The zero-order valence-electron chi connectivity index (χ0n) is 19.8. The second kappa shape index (κ2) is 9.99. The first-order valence-electron chi connectivity index (χ1n) is 12.2. The van der Waals surface area contributed by atoms with E-state index in [1.807, 2.05) is 65.5 Å². The first kappa shape index (κ1) is 22.6. The molecule has 2 fully saturated rings. The molecule has 0 unspecified atom stereocenters. The van der Waals surface area contributed by atoms with Crippen LogP contribution in [0, 0.1) is 0 Å². The van der Waals surface area contributed by atoms with Crippen molar-refractivity contribution in [2.75, 3.05) is 33.2 Å². The Balaban J connectivity index is 1.28. The number of benzene rings is 2. The number of piperazine rings is 1. The predicted molar refractivity (Wildman–Crippen MR) is 133 cm³/mol. The summed E-state index contributed by atoms with van der Waals surface area (Å²) in [6, 6.07) is 18.3. The van der Waals surface area contributed by atoms with Crippen molar-refractivity contribution in [2.45, 2.75) is 37.8 Å². The number of nitrogens with two attached hydrogens (primary N) is 1. The van der Waals surface area contributed by atoms with Gasteiger partial charge in [0.15, 0.2) is 0 Å². The number of rotatable bonds is 6. The molecule has 0 bridgehead atoms. The van der Waals surface area contributed by atoms with E-state index >= 15 is 0 Å². The highest BCUT2D eigenvalue weighted by molar-refractivity contribution is 5.98. The lowest BCUT2D eigenvalue weighted by molar-refractivity contribution is 0.0811. The average Bonchev–Trinajstić information content (AvgIpc) is 3.32. The lowest BCUT2D eigenvalue weighted by Gasteiger charge is -2.41. The summed E-state index contributed by atoms with van der Waals surface area (Å²) in [6.45, 7) is 4.63. The maximum absolute atomic E-state index is 12.2. The van der Waals surface area contributed by atoms with Crippen molar-refractivity contribution in [3.05, 3.63) is 66.4 Å². The van der Waals surface area contributed by atoms with Crippen LogP contribution in [-0.2, 0) is 0 Å². The molecule has 3 aromatic rings. The summed E-state index contributed by atoms with van der Waals surface area (Å²) in [6.07, 6.45) is 6.31. The molecule has 2 heterocycles. The topological polar surface area (TPSA) is 76.6 Å². The fourth-order valence-electron chi connectivity index (χ4n) is 5.15. The fourth-order valence-corrected chi connectivity index (χ4v) is 5.15. The fraction of sp³-hybridized carbons (Fsp3) is 0.407. The SMILES string of the molecule is CN1CCN(C2CCC(n3cc(C(N)=O)c(-c4ccc(Oc5ccccc5)cc4)n3)CC2)CC1. The van der Waals surface area contributed by atoms with E-state index in [9.17, 15) is 4.79 Å². The number of primary amides is 1. The van der Waals surface area contributed by atoms with Crippen molar-refractivity contribution in [2.24, 2.45) is 5.73 Å². The summed E-state index contributed by atoms with van der Waals surface area (Å²) in [7, 11) is 2.20. The number of likely N-dealkylation sites (N-methyl/N-ethyl adjacent to an activating group) is 1. The van der Waals surface area contributed by atoms with Crippen molar-refractivity contribution in [1.82, 2.24) is 19.6 Å². The van der Waals surface area contributed by atoms with Gasteiger partial charge >= 0.3 is 0 Å². The van der Waals surface area contributed by atoms with Crippen LogP contribution in [0.1, 0.15) is 42.1 Å². The number of nitrogens with zero attached hydrogens (tertiary/aromatic N) is 4. The Morgan fingerprint density at radius 3 is 2.15 bits per heavy atom. The molecule has 34 heavy (non-hydrogen) atoms. The smallest absolute Gasteiger partial charge is 0.252 e. The molecule has 1 aliphatic heterocycles. The van der Waals surface area contributed by atoms with Crippen molar-refractivity contribution in [1.29, 1.82) is 0 Å². The molecule has 0 spiro atoms. The minimum Gasteiger partial charge on any atom is -0.457 e. The monoisotopic (exact) mass is 459 g/mol. The molecule has 5 rings (SSSR count). The Kier molecular flexibility index (Phi) is 6.65. The van der Waals surface area contributed by atoms with Gasteiger partial charge in [0.1, 0.15) is 17.2 Å². The van der Waals surface area contributed by atoms with Gasteiger partial charge in [0, 0.05) is 44.0 Å². The highest BCUT2D eigenvalue weighted by Crippen LogP contribution is 2.33. The number of carbonyl (C=O) groups is 1. The van der Waals surface area contributed by atoms with E-state index in [4.69, 9.17) is 15.6 Å². The molecule has 1 aromatic heterocycles. The lowest BCUT2D eigenvalue weighted by Crippen LogP contribution is -2.49. The Labute approximate surface area is 201 Å². The van der Waals surface area contributed by atoms with Crippen molar-refractivity contribution in [3.63, 3.8) is 0 Å². The van der Waals surface area contributed by atoms with Crippen LogP contribution in [0.25, 0.3) is 11.3 Å². The molecular formula is C27H33N5O2. The van der Waals surface area contributed by atoms with E-state index in [2.05, 4.69) is 16.8 Å². The highest BCUT2D eigenvalue weighted by Gasteiger charge is 2.29. The molecule has 2 N–H and O–H groups in total. The molecule has 2 aliphatic rings. The average molecular weight is 460 g/mol. The Morgan fingerprint density at radius 1 is 0.882 bits per heavy atom. The summed E-state index contributed by atoms with van der Waals surface area (Å²) >= 11 is 0. The zero-order chi connectivity index (χ0) is 23.5. The van der Waals surface area contributed by atoms with Crippen LogP contribution >= 0.6 is 0 Å². The third kappa shape index (κ3) is 5.00. The van der Waals surface area contributed by atoms with E-state index in [1.165, 1.54) is 12.8 Å². The van der Waals surface area contributed by atoms with Crippen LogP contribution in [-0.4, -0.2) is 64.8 Å². The van der Waals surface area contributed by atoms with E-state index < -0.39 is 5.91 Å². The van der Waals surface area contributed by atoms with Crippen molar-refractivity contribution < 1.29 is 9.53 Å². The third-order valence-corrected chi connectivity index (χ3v) is 7.20. The second-order valence-corrected chi connectivity index (χ2v) is 9.48. The van der Waals surface area contributed by atoms with Crippen LogP contribution < -0.4 is 10.5 Å². The highest BCUT2D eigenvalue weighted by atomic mass is 16.5.